The van der Waals surface area contributed by atoms with E-state index in [1.54, 1.807) is 24.3 Å². The zero-order chi connectivity index (χ0) is 15.8. The van der Waals surface area contributed by atoms with E-state index in [0.717, 1.165) is 31.7 Å². The van der Waals surface area contributed by atoms with Gasteiger partial charge in [0.1, 0.15) is 5.75 Å². The molecule has 0 spiro atoms. The largest absolute Gasteiger partial charge is 0.494 e. The Balaban J connectivity index is 0.00000264. The van der Waals surface area contributed by atoms with E-state index in [0.29, 0.717) is 12.2 Å². The topological polar surface area (TPSA) is 67.4 Å². The van der Waals surface area contributed by atoms with E-state index in [4.69, 9.17) is 4.74 Å². The van der Waals surface area contributed by atoms with Gasteiger partial charge >= 0.3 is 0 Å². The summed E-state index contributed by atoms with van der Waals surface area (Å²) < 4.78 is 5.48. The highest BCUT2D eigenvalue weighted by molar-refractivity contribution is 5.98. The first kappa shape index (κ1) is 19.5. The quantitative estimate of drug-likeness (QED) is 0.713. The number of carbonyl (C=O) groups is 2. The lowest BCUT2D eigenvalue weighted by atomic mass is 10.1. The van der Waals surface area contributed by atoms with Crippen molar-refractivity contribution < 1.29 is 14.3 Å². The number of carbonyl (C=O) groups excluding carboxylic acids is 2. The predicted octanol–water partition coefficient (Wildman–Crippen LogP) is 2.34. The maximum atomic E-state index is 12.1. The van der Waals surface area contributed by atoms with Crippen molar-refractivity contribution in [2.75, 3.05) is 19.7 Å². The molecule has 5 nitrogen and oxygen atoms in total. The van der Waals surface area contributed by atoms with Crippen molar-refractivity contribution in [3.63, 3.8) is 0 Å². The van der Waals surface area contributed by atoms with E-state index < -0.39 is 0 Å². The monoisotopic (exact) mass is 340 g/mol. The Bertz CT molecular complexity index is 499. The number of nitrogens with one attached hydrogen (secondary N) is 2. The molecule has 1 unspecified atom stereocenters. The fourth-order valence-corrected chi connectivity index (χ4v) is 2.41. The summed E-state index contributed by atoms with van der Waals surface area (Å²) in [5.41, 5.74) is 0.624. The standard InChI is InChI=1S/C17H24N2O3.ClH/c1-2-11-22-15-5-3-13(4-6-15)16(20)7-8-17(21)19-14-9-10-18-12-14;/h3-6,14,18H,2,7-12H2,1H3,(H,19,21);1H. The van der Waals surface area contributed by atoms with Crippen molar-refractivity contribution in [3.8, 4) is 5.75 Å². The number of hydrogen-bond acceptors (Lipinski definition) is 4. The lowest BCUT2D eigenvalue weighted by Crippen LogP contribution is -2.36. The van der Waals surface area contributed by atoms with E-state index in [1.807, 2.05) is 6.92 Å². The van der Waals surface area contributed by atoms with Crippen LogP contribution in [0.1, 0.15) is 43.0 Å². The fraction of sp³-hybridized carbons (Fsp3) is 0.529. The third kappa shape index (κ3) is 6.59. The van der Waals surface area contributed by atoms with Crippen LogP contribution in [0.3, 0.4) is 0 Å². The summed E-state index contributed by atoms with van der Waals surface area (Å²) in [4.78, 5) is 23.9. The van der Waals surface area contributed by atoms with Crippen LogP contribution in [0.5, 0.6) is 5.75 Å². The van der Waals surface area contributed by atoms with Gasteiger partial charge in [-0.25, -0.2) is 0 Å². The summed E-state index contributed by atoms with van der Waals surface area (Å²) in [7, 11) is 0. The lowest BCUT2D eigenvalue weighted by Gasteiger charge is -2.11. The van der Waals surface area contributed by atoms with Gasteiger partial charge in [0.05, 0.1) is 6.61 Å². The summed E-state index contributed by atoms with van der Waals surface area (Å²) in [5.74, 6) is 0.705. The van der Waals surface area contributed by atoms with E-state index in [1.165, 1.54) is 0 Å². The molecule has 0 bridgehead atoms. The molecule has 6 heteroatoms. The maximum Gasteiger partial charge on any atom is 0.220 e. The van der Waals surface area contributed by atoms with Crippen LogP contribution in [0.15, 0.2) is 24.3 Å². The van der Waals surface area contributed by atoms with Crippen LogP contribution in [-0.4, -0.2) is 37.4 Å². The normalized spacial score (nSPS) is 16.5. The third-order valence-corrected chi connectivity index (χ3v) is 3.65. The average Bonchev–Trinajstić information content (AvgIpc) is 3.04. The van der Waals surface area contributed by atoms with Crippen molar-refractivity contribution >= 4 is 24.1 Å². The second kappa shape index (κ2) is 10.2. The minimum Gasteiger partial charge on any atom is -0.494 e. The third-order valence-electron chi connectivity index (χ3n) is 3.65. The molecule has 1 aromatic carbocycles. The van der Waals surface area contributed by atoms with E-state index in [2.05, 4.69) is 10.6 Å². The van der Waals surface area contributed by atoms with Crippen molar-refractivity contribution in [3.05, 3.63) is 29.8 Å². The van der Waals surface area contributed by atoms with E-state index in [-0.39, 0.29) is 43.0 Å². The predicted molar refractivity (Wildman–Crippen MR) is 92.5 cm³/mol. The number of halogens is 1. The van der Waals surface area contributed by atoms with Crippen molar-refractivity contribution in [2.45, 2.75) is 38.6 Å². The number of amides is 1. The molecule has 2 N–H and O–H groups in total. The molecule has 1 saturated heterocycles. The molecule has 23 heavy (non-hydrogen) atoms. The Morgan fingerprint density at radius 1 is 1.26 bits per heavy atom. The summed E-state index contributed by atoms with van der Waals surface area (Å²) in [6, 6.07) is 7.32. The number of Topliss-reactive ketones (excluding diaryl/α,β-unsaturated/α-hetero) is 1. The molecule has 0 radical (unpaired) electrons. The molecule has 0 saturated carbocycles. The van der Waals surface area contributed by atoms with Gasteiger partial charge in [-0.3, -0.25) is 9.59 Å². The van der Waals surface area contributed by atoms with Crippen LogP contribution >= 0.6 is 12.4 Å². The number of hydrogen-bond donors (Lipinski definition) is 2. The summed E-state index contributed by atoms with van der Waals surface area (Å²) in [6.45, 7) is 4.48. The zero-order valence-electron chi connectivity index (χ0n) is 13.5. The van der Waals surface area contributed by atoms with E-state index in [9.17, 15) is 9.59 Å². The Hall–Kier alpha value is -1.59. The molecule has 0 aliphatic carbocycles. The van der Waals surface area contributed by atoms with Crippen LogP contribution < -0.4 is 15.4 Å². The number of ketones is 1. The number of rotatable bonds is 8. The van der Waals surface area contributed by atoms with Crippen molar-refractivity contribution in [1.29, 1.82) is 0 Å². The van der Waals surface area contributed by atoms with Gasteiger partial charge in [-0.2, -0.15) is 0 Å². The highest BCUT2D eigenvalue weighted by atomic mass is 35.5. The SMILES string of the molecule is CCCOc1ccc(C(=O)CCC(=O)NC2CCNC2)cc1.Cl. The highest BCUT2D eigenvalue weighted by Gasteiger charge is 2.17. The van der Waals surface area contributed by atoms with Gasteiger partial charge in [0.2, 0.25) is 5.91 Å². The Labute approximate surface area is 143 Å². The molecule has 1 amide bonds. The first-order chi connectivity index (χ1) is 10.7. The maximum absolute atomic E-state index is 12.1. The zero-order valence-corrected chi connectivity index (χ0v) is 14.3. The molecule has 1 aliphatic heterocycles. The van der Waals surface area contributed by atoms with Crippen LogP contribution in [0, 0.1) is 0 Å². The Kier molecular flexibility index (Phi) is 8.66. The number of ether oxygens (including phenoxy) is 1. The summed E-state index contributed by atoms with van der Waals surface area (Å²) >= 11 is 0. The van der Waals surface area contributed by atoms with Crippen LogP contribution in [-0.2, 0) is 4.79 Å². The van der Waals surface area contributed by atoms with Gasteiger partial charge in [-0.15, -0.1) is 12.4 Å². The van der Waals surface area contributed by atoms with Gasteiger partial charge < -0.3 is 15.4 Å². The molecule has 1 atom stereocenters. The minimum atomic E-state index is -0.0510. The fourth-order valence-electron chi connectivity index (χ4n) is 2.41. The first-order valence-corrected chi connectivity index (χ1v) is 7.95. The molecule has 1 aromatic rings. The molecule has 2 rings (SSSR count). The molecule has 1 heterocycles. The Morgan fingerprint density at radius 2 is 2.00 bits per heavy atom. The second-order valence-electron chi connectivity index (χ2n) is 5.55. The highest BCUT2D eigenvalue weighted by Crippen LogP contribution is 2.14. The summed E-state index contributed by atoms with van der Waals surface area (Å²) in [6.07, 6.45) is 2.38. The van der Waals surface area contributed by atoms with Crippen molar-refractivity contribution in [1.82, 2.24) is 10.6 Å². The molecule has 1 fully saturated rings. The molecule has 1 aliphatic rings. The lowest BCUT2D eigenvalue weighted by molar-refractivity contribution is -0.121. The summed E-state index contributed by atoms with van der Waals surface area (Å²) in [5, 5.41) is 6.14. The molecular formula is C17H25ClN2O3. The van der Waals surface area contributed by atoms with Gasteiger partial charge in [0.25, 0.3) is 0 Å². The number of benzene rings is 1. The molecular weight excluding hydrogens is 316 g/mol. The molecule has 0 aromatic heterocycles. The molecule has 128 valence electrons. The van der Waals surface area contributed by atoms with Gasteiger partial charge in [-0.1, -0.05) is 6.92 Å². The van der Waals surface area contributed by atoms with Crippen LogP contribution in [0.4, 0.5) is 0 Å². The first-order valence-electron chi connectivity index (χ1n) is 7.95. The average molecular weight is 341 g/mol. The van der Waals surface area contributed by atoms with Crippen LogP contribution in [0.25, 0.3) is 0 Å². The second-order valence-corrected chi connectivity index (χ2v) is 5.55. The van der Waals surface area contributed by atoms with Gasteiger partial charge in [0, 0.05) is 31.0 Å². The van der Waals surface area contributed by atoms with Gasteiger partial charge in [-0.05, 0) is 43.7 Å². The smallest absolute Gasteiger partial charge is 0.220 e. The van der Waals surface area contributed by atoms with E-state index >= 15 is 0 Å². The van der Waals surface area contributed by atoms with Gasteiger partial charge in [0.15, 0.2) is 5.78 Å². The minimum absolute atomic E-state index is 0. The van der Waals surface area contributed by atoms with Crippen LogP contribution in [0.2, 0.25) is 0 Å². The van der Waals surface area contributed by atoms with Crippen molar-refractivity contribution in [2.24, 2.45) is 0 Å². The Morgan fingerprint density at radius 3 is 2.61 bits per heavy atom.